The first-order valence-corrected chi connectivity index (χ1v) is 5.81. The molecular formula is C12H19N3O. The minimum atomic E-state index is 0.157. The van der Waals surface area contributed by atoms with Crippen molar-refractivity contribution in [1.29, 1.82) is 0 Å². The Labute approximate surface area is 96.2 Å². The standard InChI is InChI=1S/C12H19N3O/c1-8(2)12-10-7-15(9(3)16)6-5-11(10)14(4)13-12/h8H,5-7H2,1-4H3. The second kappa shape index (κ2) is 3.92. The summed E-state index contributed by atoms with van der Waals surface area (Å²) in [5.41, 5.74) is 3.70. The largest absolute Gasteiger partial charge is 0.338 e. The van der Waals surface area contributed by atoms with Crippen LogP contribution in [0.15, 0.2) is 0 Å². The molecule has 1 aromatic heterocycles. The maximum absolute atomic E-state index is 11.4. The van der Waals surface area contributed by atoms with Gasteiger partial charge in [-0.15, -0.1) is 0 Å². The van der Waals surface area contributed by atoms with E-state index in [1.807, 2.05) is 16.6 Å². The van der Waals surface area contributed by atoms with E-state index in [-0.39, 0.29) is 5.91 Å². The molecule has 0 bridgehead atoms. The van der Waals surface area contributed by atoms with Gasteiger partial charge in [-0.05, 0) is 5.92 Å². The van der Waals surface area contributed by atoms with Crippen LogP contribution < -0.4 is 0 Å². The Hall–Kier alpha value is -1.32. The van der Waals surface area contributed by atoms with Gasteiger partial charge >= 0.3 is 0 Å². The summed E-state index contributed by atoms with van der Waals surface area (Å²) in [5.74, 6) is 0.575. The normalized spacial score (nSPS) is 15.4. The molecule has 88 valence electrons. The third kappa shape index (κ3) is 1.72. The van der Waals surface area contributed by atoms with Crippen LogP contribution in [0.5, 0.6) is 0 Å². The minimum Gasteiger partial charge on any atom is -0.338 e. The summed E-state index contributed by atoms with van der Waals surface area (Å²) < 4.78 is 1.97. The molecule has 2 heterocycles. The molecule has 0 radical (unpaired) electrons. The maximum atomic E-state index is 11.4. The fraction of sp³-hybridized carbons (Fsp3) is 0.667. The number of fused-ring (bicyclic) bond motifs is 1. The number of hydrogen-bond acceptors (Lipinski definition) is 2. The summed E-state index contributed by atoms with van der Waals surface area (Å²) in [6, 6.07) is 0. The monoisotopic (exact) mass is 221 g/mol. The van der Waals surface area contributed by atoms with E-state index in [9.17, 15) is 4.79 Å². The molecule has 0 saturated carbocycles. The van der Waals surface area contributed by atoms with Crippen LogP contribution in [0.2, 0.25) is 0 Å². The highest BCUT2D eigenvalue weighted by molar-refractivity contribution is 5.73. The van der Waals surface area contributed by atoms with Gasteiger partial charge < -0.3 is 4.90 Å². The molecule has 0 N–H and O–H groups in total. The lowest BCUT2D eigenvalue weighted by molar-refractivity contribution is -0.129. The van der Waals surface area contributed by atoms with Crippen LogP contribution in [0.4, 0.5) is 0 Å². The predicted molar refractivity (Wildman–Crippen MR) is 62.1 cm³/mol. The number of amides is 1. The smallest absolute Gasteiger partial charge is 0.219 e. The zero-order valence-electron chi connectivity index (χ0n) is 10.4. The van der Waals surface area contributed by atoms with Gasteiger partial charge in [0.25, 0.3) is 0 Å². The first-order valence-electron chi connectivity index (χ1n) is 5.81. The SMILES string of the molecule is CC(=O)N1CCc2c(c(C(C)C)nn2C)C1. The molecule has 2 rings (SSSR count). The first-order chi connectivity index (χ1) is 7.50. The van der Waals surface area contributed by atoms with E-state index < -0.39 is 0 Å². The molecule has 0 spiro atoms. The molecule has 1 aromatic rings. The highest BCUT2D eigenvalue weighted by atomic mass is 16.2. The lowest BCUT2D eigenvalue weighted by Gasteiger charge is -2.26. The fourth-order valence-corrected chi connectivity index (χ4v) is 2.35. The lowest BCUT2D eigenvalue weighted by atomic mass is 9.99. The summed E-state index contributed by atoms with van der Waals surface area (Å²) in [7, 11) is 1.99. The molecular weight excluding hydrogens is 202 g/mol. The molecule has 16 heavy (non-hydrogen) atoms. The van der Waals surface area contributed by atoms with Crippen LogP contribution in [0.3, 0.4) is 0 Å². The number of rotatable bonds is 1. The van der Waals surface area contributed by atoms with Crippen molar-refractivity contribution < 1.29 is 4.79 Å². The van der Waals surface area contributed by atoms with Crippen LogP contribution in [-0.4, -0.2) is 27.1 Å². The zero-order chi connectivity index (χ0) is 11.9. The van der Waals surface area contributed by atoms with Gasteiger partial charge in [-0.2, -0.15) is 5.10 Å². The molecule has 1 aliphatic heterocycles. The Balaban J connectivity index is 2.38. The number of carbonyl (C=O) groups excluding carboxylic acids is 1. The highest BCUT2D eigenvalue weighted by Crippen LogP contribution is 2.26. The average Bonchev–Trinajstić information content (AvgIpc) is 2.56. The van der Waals surface area contributed by atoms with Crippen molar-refractivity contribution in [3.63, 3.8) is 0 Å². The van der Waals surface area contributed by atoms with E-state index in [1.165, 1.54) is 11.3 Å². The Morgan fingerprint density at radius 3 is 2.69 bits per heavy atom. The number of carbonyl (C=O) groups is 1. The van der Waals surface area contributed by atoms with Crippen molar-refractivity contribution in [3.05, 3.63) is 17.0 Å². The van der Waals surface area contributed by atoms with Crippen molar-refractivity contribution >= 4 is 5.91 Å². The van der Waals surface area contributed by atoms with Crippen molar-refractivity contribution in [1.82, 2.24) is 14.7 Å². The summed E-state index contributed by atoms with van der Waals surface area (Å²) in [6.07, 6.45) is 0.922. The van der Waals surface area contributed by atoms with Crippen LogP contribution in [-0.2, 0) is 24.8 Å². The molecule has 0 aliphatic carbocycles. The maximum Gasteiger partial charge on any atom is 0.219 e. The van der Waals surface area contributed by atoms with Gasteiger partial charge in [0.05, 0.1) is 5.69 Å². The predicted octanol–water partition coefficient (Wildman–Crippen LogP) is 1.45. The number of nitrogens with zero attached hydrogens (tertiary/aromatic N) is 3. The van der Waals surface area contributed by atoms with Gasteiger partial charge in [0, 0.05) is 44.7 Å². The highest BCUT2D eigenvalue weighted by Gasteiger charge is 2.25. The van der Waals surface area contributed by atoms with Crippen molar-refractivity contribution in [2.24, 2.45) is 7.05 Å². The Morgan fingerprint density at radius 1 is 1.44 bits per heavy atom. The third-order valence-corrected chi connectivity index (χ3v) is 3.27. The molecule has 0 saturated heterocycles. The van der Waals surface area contributed by atoms with Gasteiger partial charge in [-0.3, -0.25) is 9.48 Å². The summed E-state index contributed by atoms with van der Waals surface area (Å²) in [5, 5.41) is 4.56. The van der Waals surface area contributed by atoms with E-state index in [4.69, 9.17) is 0 Å². The van der Waals surface area contributed by atoms with Crippen molar-refractivity contribution in [2.75, 3.05) is 6.54 Å². The number of hydrogen-bond donors (Lipinski definition) is 0. The lowest BCUT2D eigenvalue weighted by Crippen LogP contribution is -2.34. The molecule has 0 aromatic carbocycles. The molecule has 4 heteroatoms. The van der Waals surface area contributed by atoms with Gasteiger partial charge in [0.1, 0.15) is 0 Å². The van der Waals surface area contributed by atoms with Gasteiger partial charge in [-0.1, -0.05) is 13.8 Å². The number of aromatic nitrogens is 2. The second-order valence-corrected chi connectivity index (χ2v) is 4.78. The second-order valence-electron chi connectivity index (χ2n) is 4.78. The molecule has 0 fully saturated rings. The van der Waals surface area contributed by atoms with E-state index in [0.717, 1.165) is 25.2 Å². The van der Waals surface area contributed by atoms with Crippen LogP contribution in [0.25, 0.3) is 0 Å². The minimum absolute atomic E-state index is 0.157. The fourth-order valence-electron chi connectivity index (χ4n) is 2.35. The van der Waals surface area contributed by atoms with E-state index in [2.05, 4.69) is 18.9 Å². The quantitative estimate of drug-likeness (QED) is 0.720. The Bertz CT molecular complexity index is 420. The summed E-state index contributed by atoms with van der Waals surface area (Å²) >= 11 is 0. The number of aryl methyl sites for hydroxylation is 1. The van der Waals surface area contributed by atoms with Crippen molar-refractivity contribution in [2.45, 2.75) is 39.7 Å². The molecule has 1 aliphatic rings. The Morgan fingerprint density at radius 2 is 2.12 bits per heavy atom. The van der Waals surface area contributed by atoms with Gasteiger partial charge in [-0.25, -0.2) is 0 Å². The molecule has 0 unspecified atom stereocenters. The zero-order valence-corrected chi connectivity index (χ0v) is 10.4. The average molecular weight is 221 g/mol. The van der Waals surface area contributed by atoms with E-state index in [0.29, 0.717) is 5.92 Å². The Kier molecular flexibility index (Phi) is 2.74. The molecule has 1 amide bonds. The van der Waals surface area contributed by atoms with Crippen LogP contribution in [0.1, 0.15) is 43.6 Å². The van der Waals surface area contributed by atoms with Gasteiger partial charge in [0.15, 0.2) is 0 Å². The van der Waals surface area contributed by atoms with Crippen molar-refractivity contribution in [3.8, 4) is 0 Å². The summed E-state index contributed by atoms with van der Waals surface area (Å²) in [6.45, 7) is 7.48. The van der Waals surface area contributed by atoms with Gasteiger partial charge in [0.2, 0.25) is 5.91 Å². The molecule has 4 nitrogen and oxygen atoms in total. The third-order valence-electron chi connectivity index (χ3n) is 3.27. The topological polar surface area (TPSA) is 38.1 Å². The van der Waals surface area contributed by atoms with Crippen LogP contribution in [0, 0.1) is 0 Å². The first kappa shape index (κ1) is 11.2. The summed E-state index contributed by atoms with van der Waals surface area (Å²) in [4.78, 5) is 13.3. The van der Waals surface area contributed by atoms with E-state index >= 15 is 0 Å². The van der Waals surface area contributed by atoms with E-state index in [1.54, 1.807) is 6.92 Å². The van der Waals surface area contributed by atoms with Crippen LogP contribution >= 0.6 is 0 Å². The molecule has 0 atom stereocenters.